The van der Waals surface area contributed by atoms with Crippen molar-refractivity contribution in [2.75, 3.05) is 13.2 Å². The summed E-state index contributed by atoms with van der Waals surface area (Å²) >= 11 is 0. The second-order valence-corrected chi connectivity index (χ2v) is 3.34. The molecule has 0 amide bonds. The molecule has 1 aliphatic rings. The number of hydrogen-bond acceptors (Lipinski definition) is 2. The zero-order valence-corrected chi connectivity index (χ0v) is 6.98. The lowest BCUT2D eigenvalue weighted by Crippen LogP contribution is -2.38. The van der Waals surface area contributed by atoms with E-state index in [0.717, 1.165) is 0 Å². The molecule has 2 nitrogen and oxygen atoms in total. The number of carbonyl (C=O) groups is 1. The summed E-state index contributed by atoms with van der Waals surface area (Å²) in [5.41, 5.74) is -0.855. The first-order valence-electron chi connectivity index (χ1n) is 3.96. The minimum Gasteiger partial charge on any atom is -0.381 e. The van der Waals surface area contributed by atoms with Gasteiger partial charge in [0, 0.05) is 18.6 Å². The number of alkyl halides is 2. The third-order valence-electron chi connectivity index (χ3n) is 2.39. The van der Waals surface area contributed by atoms with Crippen LogP contribution in [0.5, 0.6) is 0 Å². The van der Waals surface area contributed by atoms with Gasteiger partial charge in [-0.15, -0.1) is 0 Å². The first kappa shape index (κ1) is 9.58. The van der Waals surface area contributed by atoms with Gasteiger partial charge in [0.1, 0.15) is 0 Å². The fraction of sp³-hybridized carbons (Fsp3) is 0.875. The number of ketones is 1. The lowest BCUT2D eigenvalue weighted by Gasteiger charge is -2.31. The molecule has 0 unspecified atom stereocenters. The smallest absolute Gasteiger partial charge is 0.296 e. The number of carbonyl (C=O) groups excluding carboxylic acids is 1. The minimum atomic E-state index is -2.84. The Balaban J connectivity index is 2.62. The van der Waals surface area contributed by atoms with Crippen molar-refractivity contribution in [3.05, 3.63) is 0 Å². The maximum Gasteiger partial charge on any atom is 0.296 e. The van der Waals surface area contributed by atoms with Gasteiger partial charge < -0.3 is 4.74 Å². The van der Waals surface area contributed by atoms with Gasteiger partial charge in [-0.3, -0.25) is 4.79 Å². The predicted molar refractivity (Wildman–Crippen MR) is 39.2 cm³/mol. The number of Topliss-reactive ketones (excluding diaryl/α,β-unsaturated/α-hetero) is 1. The van der Waals surface area contributed by atoms with Crippen molar-refractivity contribution in [2.45, 2.75) is 26.2 Å². The highest BCUT2D eigenvalue weighted by atomic mass is 19.3. The van der Waals surface area contributed by atoms with Crippen molar-refractivity contribution in [3.8, 4) is 0 Å². The van der Waals surface area contributed by atoms with E-state index in [1.165, 1.54) is 0 Å². The monoisotopic (exact) mass is 178 g/mol. The molecule has 0 atom stereocenters. The van der Waals surface area contributed by atoms with Crippen LogP contribution in [0.1, 0.15) is 19.8 Å². The van der Waals surface area contributed by atoms with Gasteiger partial charge in [0.2, 0.25) is 5.78 Å². The van der Waals surface area contributed by atoms with Gasteiger partial charge in [-0.25, -0.2) is 8.78 Å². The molecule has 4 heteroatoms. The summed E-state index contributed by atoms with van der Waals surface area (Å²) in [6, 6.07) is 0. The van der Waals surface area contributed by atoms with E-state index in [1.54, 1.807) is 6.92 Å². The Kier molecular flexibility index (Phi) is 2.77. The van der Waals surface area contributed by atoms with Crippen molar-refractivity contribution in [3.63, 3.8) is 0 Å². The first-order chi connectivity index (χ1) is 5.56. The van der Waals surface area contributed by atoms with Crippen molar-refractivity contribution >= 4 is 5.78 Å². The van der Waals surface area contributed by atoms with E-state index in [4.69, 9.17) is 4.74 Å². The zero-order valence-electron chi connectivity index (χ0n) is 6.98. The molecule has 0 N–H and O–H groups in total. The maximum atomic E-state index is 12.1. The topological polar surface area (TPSA) is 26.3 Å². The van der Waals surface area contributed by atoms with E-state index in [0.29, 0.717) is 26.1 Å². The van der Waals surface area contributed by atoms with Crippen LogP contribution in [0.2, 0.25) is 0 Å². The molecular formula is C8H12F2O2. The van der Waals surface area contributed by atoms with Crippen molar-refractivity contribution in [1.82, 2.24) is 0 Å². The number of ether oxygens (including phenoxy) is 1. The molecule has 0 bridgehead atoms. The highest BCUT2D eigenvalue weighted by Gasteiger charge is 2.39. The van der Waals surface area contributed by atoms with Crippen LogP contribution < -0.4 is 0 Å². The second kappa shape index (κ2) is 3.47. The zero-order chi connectivity index (χ0) is 9.19. The van der Waals surface area contributed by atoms with E-state index in [-0.39, 0.29) is 0 Å². The molecule has 0 saturated carbocycles. The standard InChI is InChI=1S/C8H12F2O2/c1-8(6(11)7(9)10)2-4-12-5-3-8/h7H,2-5H2,1H3. The summed E-state index contributed by atoms with van der Waals surface area (Å²) in [7, 11) is 0. The van der Waals surface area contributed by atoms with Gasteiger partial charge in [0.15, 0.2) is 0 Å². The van der Waals surface area contributed by atoms with Crippen LogP contribution in [0.25, 0.3) is 0 Å². The highest BCUT2D eigenvalue weighted by Crippen LogP contribution is 2.32. The average Bonchev–Trinajstić information content (AvgIpc) is 2.04. The first-order valence-corrected chi connectivity index (χ1v) is 3.96. The third kappa shape index (κ3) is 1.80. The molecule has 0 aromatic heterocycles. The lowest BCUT2D eigenvalue weighted by molar-refractivity contribution is -0.144. The number of rotatable bonds is 2. The van der Waals surface area contributed by atoms with Crippen molar-refractivity contribution in [2.24, 2.45) is 5.41 Å². The Hall–Kier alpha value is -0.510. The van der Waals surface area contributed by atoms with Crippen LogP contribution in [-0.2, 0) is 9.53 Å². The summed E-state index contributed by atoms with van der Waals surface area (Å²) in [6.45, 7) is 2.41. The normalized spacial score (nSPS) is 22.7. The predicted octanol–water partition coefficient (Wildman–Crippen LogP) is 1.64. The van der Waals surface area contributed by atoms with Crippen LogP contribution in [0.3, 0.4) is 0 Å². The van der Waals surface area contributed by atoms with E-state index >= 15 is 0 Å². The maximum absolute atomic E-state index is 12.1. The summed E-state index contributed by atoms with van der Waals surface area (Å²) in [4.78, 5) is 11.0. The Bertz CT molecular complexity index is 174. The second-order valence-electron chi connectivity index (χ2n) is 3.34. The molecule has 1 fully saturated rings. The molecule has 1 aliphatic heterocycles. The minimum absolute atomic E-state index is 0.412. The van der Waals surface area contributed by atoms with Crippen LogP contribution in [0, 0.1) is 5.41 Å². The average molecular weight is 178 g/mol. The fourth-order valence-electron chi connectivity index (χ4n) is 1.33. The molecule has 0 radical (unpaired) electrons. The van der Waals surface area contributed by atoms with Crippen LogP contribution in [-0.4, -0.2) is 25.4 Å². The molecule has 0 aromatic carbocycles. The van der Waals surface area contributed by atoms with E-state index in [9.17, 15) is 13.6 Å². The third-order valence-corrected chi connectivity index (χ3v) is 2.39. The largest absolute Gasteiger partial charge is 0.381 e. The summed E-state index contributed by atoms with van der Waals surface area (Å²) < 4.78 is 29.1. The molecule has 1 saturated heterocycles. The molecule has 0 aromatic rings. The Labute approximate surface area is 69.9 Å². The van der Waals surface area contributed by atoms with E-state index < -0.39 is 17.6 Å². The quantitative estimate of drug-likeness (QED) is 0.642. The molecule has 1 rings (SSSR count). The van der Waals surface area contributed by atoms with E-state index in [1.807, 2.05) is 0 Å². The molecule has 70 valence electrons. The number of hydrogen-bond donors (Lipinski definition) is 0. The van der Waals surface area contributed by atoms with Crippen LogP contribution in [0.15, 0.2) is 0 Å². The lowest BCUT2D eigenvalue weighted by atomic mass is 9.78. The SMILES string of the molecule is CC1(C(=O)C(F)F)CCOCC1. The van der Waals surface area contributed by atoms with E-state index in [2.05, 4.69) is 0 Å². The van der Waals surface area contributed by atoms with Crippen LogP contribution >= 0.6 is 0 Å². The Morgan fingerprint density at radius 2 is 1.92 bits per heavy atom. The fourth-order valence-corrected chi connectivity index (χ4v) is 1.33. The Morgan fingerprint density at radius 3 is 2.33 bits per heavy atom. The Morgan fingerprint density at radius 1 is 1.42 bits per heavy atom. The van der Waals surface area contributed by atoms with Crippen molar-refractivity contribution in [1.29, 1.82) is 0 Å². The summed E-state index contributed by atoms with van der Waals surface area (Å²) in [5, 5.41) is 0. The van der Waals surface area contributed by atoms with Crippen molar-refractivity contribution < 1.29 is 18.3 Å². The molecular weight excluding hydrogens is 166 g/mol. The molecule has 0 aliphatic carbocycles. The highest BCUT2D eigenvalue weighted by molar-refractivity contribution is 5.87. The van der Waals surface area contributed by atoms with Gasteiger partial charge in [0.05, 0.1) is 0 Å². The van der Waals surface area contributed by atoms with Gasteiger partial charge in [0.25, 0.3) is 6.43 Å². The molecule has 12 heavy (non-hydrogen) atoms. The van der Waals surface area contributed by atoms with Gasteiger partial charge in [-0.05, 0) is 12.8 Å². The van der Waals surface area contributed by atoms with Crippen LogP contribution in [0.4, 0.5) is 8.78 Å². The van der Waals surface area contributed by atoms with Gasteiger partial charge in [-0.2, -0.15) is 0 Å². The number of halogens is 2. The molecule has 1 heterocycles. The molecule has 0 spiro atoms. The van der Waals surface area contributed by atoms with Gasteiger partial charge in [-0.1, -0.05) is 6.92 Å². The summed E-state index contributed by atoms with van der Waals surface area (Å²) in [5.74, 6) is -0.939. The van der Waals surface area contributed by atoms with Gasteiger partial charge >= 0.3 is 0 Å². The summed E-state index contributed by atoms with van der Waals surface area (Å²) in [6.07, 6.45) is -2.01.